The molecule has 0 atom stereocenters. The molecule has 0 aliphatic carbocycles. The van der Waals surface area contributed by atoms with Crippen molar-refractivity contribution in [3.63, 3.8) is 0 Å². The molecule has 0 heterocycles. The SMILES string of the molecule is COC(=O)c1ccc(Cl)c(NC(=O)CN(c2ccccc2F)S(=O)(=O)c2ccc(OC)c(OC)c2)c1. The minimum absolute atomic E-state index is 0.0431. The topological polar surface area (TPSA) is 111 Å². The number of methoxy groups -OCH3 is 3. The number of anilines is 2. The number of halogens is 2. The molecule has 0 saturated carbocycles. The van der Waals surface area contributed by atoms with E-state index < -0.39 is 34.3 Å². The Morgan fingerprint density at radius 3 is 2.31 bits per heavy atom. The van der Waals surface area contributed by atoms with Crippen LogP contribution in [-0.2, 0) is 19.6 Å². The van der Waals surface area contributed by atoms with Gasteiger partial charge in [-0.25, -0.2) is 17.6 Å². The molecule has 1 N–H and O–H groups in total. The van der Waals surface area contributed by atoms with Gasteiger partial charge in [-0.05, 0) is 42.5 Å². The summed E-state index contributed by atoms with van der Waals surface area (Å²) < 4.78 is 57.5. The highest BCUT2D eigenvalue weighted by molar-refractivity contribution is 7.92. The maximum Gasteiger partial charge on any atom is 0.337 e. The van der Waals surface area contributed by atoms with Crippen LogP contribution in [0.2, 0.25) is 5.02 Å². The second-order valence-corrected chi connectivity index (χ2v) is 9.48. The Morgan fingerprint density at radius 1 is 0.972 bits per heavy atom. The van der Waals surface area contributed by atoms with Gasteiger partial charge in [-0.2, -0.15) is 0 Å². The summed E-state index contributed by atoms with van der Waals surface area (Å²) in [6.07, 6.45) is 0. The first-order valence-corrected chi connectivity index (χ1v) is 12.1. The fraction of sp³-hybridized carbons (Fsp3) is 0.167. The fourth-order valence-electron chi connectivity index (χ4n) is 3.24. The van der Waals surface area contributed by atoms with Crippen LogP contribution in [-0.4, -0.2) is 48.2 Å². The molecule has 9 nitrogen and oxygen atoms in total. The number of nitrogens with zero attached hydrogens (tertiary/aromatic N) is 1. The summed E-state index contributed by atoms with van der Waals surface area (Å²) in [6.45, 7) is -0.809. The molecule has 0 bridgehead atoms. The molecule has 0 unspecified atom stereocenters. The minimum atomic E-state index is -4.47. The molecule has 0 aliphatic rings. The number of hydrogen-bond donors (Lipinski definition) is 1. The third kappa shape index (κ3) is 5.69. The van der Waals surface area contributed by atoms with Gasteiger partial charge in [-0.15, -0.1) is 0 Å². The van der Waals surface area contributed by atoms with E-state index in [0.29, 0.717) is 4.31 Å². The highest BCUT2D eigenvalue weighted by Gasteiger charge is 2.30. The second-order valence-electron chi connectivity index (χ2n) is 7.21. The average Bonchev–Trinajstić information content (AvgIpc) is 2.88. The van der Waals surface area contributed by atoms with E-state index in [1.54, 1.807) is 0 Å². The summed E-state index contributed by atoms with van der Waals surface area (Å²) in [5.41, 5.74) is -0.195. The summed E-state index contributed by atoms with van der Waals surface area (Å²) in [4.78, 5) is 24.5. The van der Waals surface area contributed by atoms with Crippen molar-refractivity contribution >= 4 is 44.9 Å². The predicted molar refractivity (Wildman–Crippen MR) is 132 cm³/mol. The Balaban J connectivity index is 2.01. The highest BCUT2D eigenvalue weighted by atomic mass is 35.5. The van der Waals surface area contributed by atoms with Crippen LogP contribution in [0.4, 0.5) is 15.8 Å². The molecular weight excluding hydrogens is 515 g/mol. The molecule has 0 spiro atoms. The Bertz CT molecular complexity index is 1400. The maximum atomic E-state index is 14.7. The zero-order valence-corrected chi connectivity index (χ0v) is 21.0. The molecule has 3 rings (SSSR count). The van der Waals surface area contributed by atoms with Crippen LogP contribution in [0, 0.1) is 5.82 Å². The van der Waals surface area contributed by atoms with E-state index >= 15 is 0 Å². The first kappa shape index (κ1) is 26.8. The van der Waals surface area contributed by atoms with Crippen LogP contribution in [0.3, 0.4) is 0 Å². The van der Waals surface area contributed by atoms with Crippen LogP contribution in [0.1, 0.15) is 10.4 Å². The Hall–Kier alpha value is -3.83. The number of rotatable bonds is 9. The van der Waals surface area contributed by atoms with E-state index in [-0.39, 0.29) is 38.4 Å². The van der Waals surface area contributed by atoms with E-state index in [0.717, 1.165) is 6.07 Å². The minimum Gasteiger partial charge on any atom is -0.493 e. The molecule has 0 fully saturated rings. The summed E-state index contributed by atoms with van der Waals surface area (Å²) >= 11 is 6.13. The average molecular weight is 537 g/mol. The lowest BCUT2D eigenvalue weighted by molar-refractivity contribution is -0.114. The van der Waals surface area contributed by atoms with Gasteiger partial charge in [0.2, 0.25) is 5.91 Å². The second kappa shape index (κ2) is 11.3. The molecule has 1 amide bonds. The fourth-order valence-corrected chi connectivity index (χ4v) is 4.85. The zero-order valence-electron chi connectivity index (χ0n) is 19.4. The largest absolute Gasteiger partial charge is 0.493 e. The van der Waals surface area contributed by atoms with Crippen molar-refractivity contribution in [2.45, 2.75) is 4.90 Å². The summed E-state index contributed by atoms with van der Waals surface area (Å²) in [6, 6.07) is 13.0. The van der Waals surface area contributed by atoms with E-state index in [9.17, 15) is 22.4 Å². The molecule has 190 valence electrons. The Labute approximate surface area is 212 Å². The molecule has 0 aromatic heterocycles. The highest BCUT2D eigenvalue weighted by Crippen LogP contribution is 2.33. The number of carbonyl (C=O) groups excluding carboxylic acids is 2. The number of para-hydroxylation sites is 1. The molecule has 3 aromatic carbocycles. The summed E-state index contributed by atoms with van der Waals surface area (Å²) in [5, 5.41) is 2.56. The van der Waals surface area contributed by atoms with Gasteiger partial charge < -0.3 is 19.5 Å². The number of sulfonamides is 1. The van der Waals surface area contributed by atoms with Gasteiger partial charge in [0.05, 0.1) is 48.2 Å². The van der Waals surface area contributed by atoms with Crippen LogP contribution in [0.15, 0.2) is 65.6 Å². The van der Waals surface area contributed by atoms with E-state index in [4.69, 9.17) is 21.1 Å². The van der Waals surface area contributed by atoms with Gasteiger partial charge in [-0.3, -0.25) is 9.10 Å². The van der Waals surface area contributed by atoms with Gasteiger partial charge in [0.1, 0.15) is 12.4 Å². The molecule has 12 heteroatoms. The quantitative estimate of drug-likeness (QED) is 0.409. The van der Waals surface area contributed by atoms with Crippen molar-refractivity contribution < 1.29 is 36.6 Å². The monoisotopic (exact) mass is 536 g/mol. The van der Waals surface area contributed by atoms with E-state index in [1.165, 1.54) is 75.9 Å². The van der Waals surface area contributed by atoms with Gasteiger partial charge in [0, 0.05) is 6.07 Å². The van der Waals surface area contributed by atoms with Crippen molar-refractivity contribution in [3.8, 4) is 11.5 Å². The number of benzene rings is 3. The van der Waals surface area contributed by atoms with E-state index in [1.807, 2.05) is 0 Å². The number of amides is 1. The third-order valence-electron chi connectivity index (χ3n) is 5.01. The number of ether oxygens (including phenoxy) is 3. The van der Waals surface area contributed by atoms with Gasteiger partial charge in [0.15, 0.2) is 11.5 Å². The predicted octanol–water partition coefficient (Wildman–Crippen LogP) is 4.12. The number of esters is 1. The molecule has 0 aliphatic heterocycles. The van der Waals surface area contributed by atoms with Crippen LogP contribution in [0.25, 0.3) is 0 Å². The molecule has 36 heavy (non-hydrogen) atoms. The number of nitrogens with one attached hydrogen (secondary N) is 1. The van der Waals surface area contributed by atoms with Crippen LogP contribution >= 0.6 is 11.6 Å². The number of carbonyl (C=O) groups is 2. The van der Waals surface area contributed by atoms with Crippen molar-refractivity contribution in [2.75, 3.05) is 37.5 Å². The number of hydrogen-bond acceptors (Lipinski definition) is 7. The Morgan fingerprint density at radius 2 is 1.67 bits per heavy atom. The Kier molecular flexibility index (Phi) is 8.38. The first-order valence-electron chi connectivity index (χ1n) is 10.3. The van der Waals surface area contributed by atoms with Crippen molar-refractivity contribution in [1.82, 2.24) is 0 Å². The molecule has 0 saturated heterocycles. The smallest absolute Gasteiger partial charge is 0.337 e. The normalized spacial score (nSPS) is 10.9. The van der Waals surface area contributed by atoms with E-state index in [2.05, 4.69) is 10.1 Å². The third-order valence-corrected chi connectivity index (χ3v) is 7.10. The molecule has 3 aromatic rings. The lowest BCUT2D eigenvalue weighted by Crippen LogP contribution is -2.38. The summed E-state index contributed by atoms with van der Waals surface area (Å²) in [5.74, 6) is -1.95. The summed E-state index contributed by atoms with van der Waals surface area (Å²) in [7, 11) is -0.545. The van der Waals surface area contributed by atoms with Crippen LogP contribution < -0.4 is 19.1 Å². The van der Waals surface area contributed by atoms with Gasteiger partial charge in [0.25, 0.3) is 10.0 Å². The van der Waals surface area contributed by atoms with Crippen molar-refractivity contribution in [3.05, 3.63) is 77.1 Å². The van der Waals surface area contributed by atoms with Crippen molar-refractivity contribution in [1.29, 1.82) is 0 Å². The zero-order chi connectivity index (χ0) is 26.5. The first-order chi connectivity index (χ1) is 17.1. The standard InChI is InChI=1S/C24H22ClFN2O7S/c1-33-21-11-9-16(13-22(21)34-2)36(31,32)28(20-7-5-4-6-18(20)26)14-23(29)27-19-12-15(24(30)35-3)8-10-17(19)25/h4-13H,14H2,1-3H3,(H,27,29). The molecule has 0 radical (unpaired) electrons. The van der Waals surface area contributed by atoms with Crippen molar-refractivity contribution in [2.24, 2.45) is 0 Å². The van der Waals surface area contributed by atoms with Gasteiger partial charge >= 0.3 is 5.97 Å². The van der Waals surface area contributed by atoms with Crippen LogP contribution in [0.5, 0.6) is 11.5 Å². The lowest BCUT2D eigenvalue weighted by Gasteiger charge is -2.25. The maximum absolute atomic E-state index is 14.7. The lowest BCUT2D eigenvalue weighted by atomic mass is 10.2. The molecular formula is C24H22ClFN2O7S. The van der Waals surface area contributed by atoms with Gasteiger partial charge in [-0.1, -0.05) is 23.7 Å².